The number of carbonyl (C=O) groups is 6. The topological polar surface area (TPSA) is 361 Å². The molecule has 0 saturated heterocycles. The van der Waals surface area contributed by atoms with Gasteiger partial charge in [-0.05, 0) is 0 Å². The van der Waals surface area contributed by atoms with E-state index in [9.17, 15) is 0 Å². The molecule has 0 saturated carbocycles. The molecular formula is C6H16Ba2O16Zn. The van der Waals surface area contributed by atoms with Crippen LogP contribution in [0.25, 0.3) is 0 Å². The minimum absolute atomic E-state index is 0. The van der Waals surface area contributed by atoms with Crippen LogP contribution in [-0.4, -0.2) is 169 Å². The van der Waals surface area contributed by atoms with E-state index in [1.165, 1.54) is 0 Å². The largest absolute Gasteiger partial charge is 2.00 e. The molecule has 0 rings (SSSR count). The van der Waals surface area contributed by atoms with Crippen LogP contribution < -0.4 is 20.4 Å². The van der Waals surface area contributed by atoms with Gasteiger partial charge in [-0.3, -0.25) is 9.59 Å². The van der Waals surface area contributed by atoms with Crippen molar-refractivity contribution in [3.05, 3.63) is 0 Å². The van der Waals surface area contributed by atoms with Crippen LogP contribution in [0.5, 0.6) is 0 Å². The van der Waals surface area contributed by atoms with Gasteiger partial charge in [0, 0.05) is 45.4 Å². The van der Waals surface area contributed by atoms with E-state index in [0.717, 1.165) is 0 Å². The Labute approximate surface area is 233 Å². The van der Waals surface area contributed by atoms with Crippen molar-refractivity contribution in [2.24, 2.45) is 0 Å². The maximum Gasteiger partial charge on any atom is 2.00 e. The third-order valence-electron chi connectivity index (χ3n) is 0. The zero-order valence-corrected chi connectivity index (χ0v) is 24.4. The number of carboxylic acid groups (broad SMARTS) is 6. The molecule has 16 nitrogen and oxygen atoms in total. The first kappa shape index (κ1) is 98.2. The standard InChI is InChI=1S/6CH2O2.2Ba.4H2O.Zn/c6*2-1-3;;;;;;;/h6*1H,(H,2,3);;;4*1H2;/q;;;;;;2*+2;;;;;/p-4. The summed E-state index contributed by atoms with van der Waals surface area (Å²) in [6, 6.07) is 0. The summed E-state index contributed by atoms with van der Waals surface area (Å²) in [5.41, 5.74) is 0. The molecule has 25 heavy (non-hydrogen) atoms. The fraction of sp³-hybridized carbons (Fsp3) is 0. The molecule has 0 unspecified atom stereocenters. The Morgan fingerprint density at radius 2 is 0.480 bits per heavy atom. The summed E-state index contributed by atoms with van der Waals surface area (Å²) in [6.07, 6.45) is 0. The molecule has 0 aromatic carbocycles. The summed E-state index contributed by atoms with van der Waals surface area (Å²) in [5.74, 6) is 0. The van der Waals surface area contributed by atoms with E-state index < -0.39 is 25.9 Å². The molecule has 0 aliphatic rings. The van der Waals surface area contributed by atoms with E-state index in [-0.39, 0.29) is 152 Å². The molecule has 0 heterocycles. The summed E-state index contributed by atoms with van der Waals surface area (Å²) < 4.78 is 0. The van der Waals surface area contributed by atoms with Crippen molar-refractivity contribution in [3.63, 3.8) is 0 Å². The molecule has 0 bridgehead atoms. The molecular weight excluding hydrogens is 668 g/mol. The van der Waals surface area contributed by atoms with Gasteiger partial charge in [-0.2, -0.15) is 0 Å². The molecule has 0 aromatic heterocycles. The molecule has 10 N–H and O–H groups in total. The Hall–Kier alpha value is 0.426. The first-order valence-electron chi connectivity index (χ1n) is 2.87. The average molecular weight is 684 g/mol. The summed E-state index contributed by atoms with van der Waals surface area (Å²) in [4.78, 5) is 49.7. The summed E-state index contributed by atoms with van der Waals surface area (Å²) in [7, 11) is 0. The number of rotatable bonds is 0. The molecule has 0 aliphatic heterocycles. The second kappa shape index (κ2) is 325. The summed E-state index contributed by atoms with van der Waals surface area (Å²) in [6.45, 7) is -2.50. The van der Waals surface area contributed by atoms with Gasteiger partial charge in [0.25, 0.3) is 12.9 Å². The predicted octanol–water partition coefficient (Wildman–Crippen LogP) is -11.2. The second-order valence-corrected chi connectivity index (χ2v) is 0.596. The first-order valence-corrected chi connectivity index (χ1v) is 2.87. The van der Waals surface area contributed by atoms with E-state index in [1.54, 1.807) is 0 Å². The molecule has 0 amide bonds. The third-order valence-corrected chi connectivity index (χ3v) is 0. The molecule has 0 spiro atoms. The zero-order chi connectivity index (χ0) is 16.2. The fourth-order valence-electron chi connectivity index (χ4n) is 0. The van der Waals surface area contributed by atoms with E-state index in [1.807, 2.05) is 0 Å². The quantitative estimate of drug-likeness (QED) is 0.177. The Bertz CT molecular complexity index is 126. The van der Waals surface area contributed by atoms with Crippen LogP contribution in [-0.2, 0) is 48.2 Å². The van der Waals surface area contributed by atoms with Crippen molar-refractivity contribution in [2.75, 3.05) is 0 Å². The Kier molecular flexibility index (Phi) is 1280. The van der Waals surface area contributed by atoms with Gasteiger partial charge in [-0.25, -0.2) is 0 Å². The van der Waals surface area contributed by atoms with E-state index in [0.29, 0.717) is 0 Å². The Morgan fingerprint density at radius 3 is 0.480 bits per heavy atom. The van der Waals surface area contributed by atoms with Gasteiger partial charge in [-0.1, -0.05) is 0 Å². The molecule has 0 fully saturated rings. The van der Waals surface area contributed by atoms with Crippen LogP contribution in [0.4, 0.5) is 0 Å². The van der Waals surface area contributed by atoms with Crippen molar-refractivity contribution in [1.82, 2.24) is 0 Å². The molecule has 142 valence electrons. The minimum Gasteiger partial charge on any atom is -0.554 e. The van der Waals surface area contributed by atoms with Crippen molar-refractivity contribution >= 4 is 137 Å². The van der Waals surface area contributed by atoms with Crippen molar-refractivity contribution < 1.29 is 101 Å². The van der Waals surface area contributed by atoms with E-state index in [4.69, 9.17) is 59.4 Å². The van der Waals surface area contributed by atoms with Gasteiger partial charge in [-0.15, -0.1) is 0 Å². The normalized spacial score (nSPS) is 2.88. The average Bonchev–Trinajstić information content (AvgIpc) is 2.23. The van der Waals surface area contributed by atoms with Crippen LogP contribution in [0.1, 0.15) is 0 Å². The van der Waals surface area contributed by atoms with Gasteiger partial charge in [0.05, 0.1) is 0 Å². The van der Waals surface area contributed by atoms with Crippen LogP contribution >= 0.6 is 0 Å². The zero-order valence-electron chi connectivity index (χ0n) is 12.6. The van der Waals surface area contributed by atoms with Crippen LogP contribution in [0.15, 0.2) is 0 Å². The molecule has 0 atom stereocenters. The van der Waals surface area contributed by atoms with Crippen molar-refractivity contribution in [2.45, 2.75) is 0 Å². The predicted molar refractivity (Wildman–Crippen MR) is 67.6 cm³/mol. The maximum absolute atomic E-state index is 8.36. The van der Waals surface area contributed by atoms with Crippen molar-refractivity contribution in [3.8, 4) is 0 Å². The van der Waals surface area contributed by atoms with Gasteiger partial charge in [0.15, 0.2) is 0 Å². The Morgan fingerprint density at radius 1 is 0.480 bits per heavy atom. The molecule has 0 aromatic rings. The van der Waals surface area contributed by atoms with E-state index >= 15 is 0 Å². The van der Waals surface area contributed by atoms with Crippen molar-refractivity contribution in [1.29, 1.82) is 0 Å². The SMILES string of the molecule is O.O.O.O.O=CO.O=CO.O=C[O-].O=C[O-].O=C[O-].O=C[O-].[Ba+2].[Ba+2].[Zn]. The number of hydrogen-bond donors (Lipinski definition) is 2. The second-order valence-electron chi connectivity index (χ2n) is 0.596. The first-order chi connectivity index (χ1) is 8.49. The molecule has 0 aliphatic carbocycles. The van der Waals surface area contributed by atoms with Crippen LogP contribution in [0.3, 0.4) is 0 Å². The van der Waals surface area contributed by atoms with Gasteiger partial charge in [0.2, 0.25) is 0 Å². The van der Waals surface area contributed by atoms with Gasteiger partial charge < -0.3 is 71.7 Å². The number of hydrogen-bond acceptors (Lipinski definition) is 10. The summed E-state index contributed by atoms with van der Waals surface area (Å²) >= 11 is 0. The molecule has 0 radical (unpaired) electrons. The van der Waals surface area contributed by atoms with Gasteiger partial charge in [0.1, 0.15) is 0 Å². The smallest absolute Gasteiger partial charge is 0.554 e. The number of carbonyl (C=O) groups excluding carboxylic acids is 4. The van der Waals surface area contributed by atoms with Crippen LogP contribution in [0, 0.1) is 0 Å². The fourth-order valence-corrected chi connectivity index (χ4v) is 0. The van der Waals surface area contributed by atoms with Gasteiger partial charge >= 0.3 is 97.8 Å². The monoisotopic (exact) mass is 684 g/mol. The Balaban J connectivity index is -0.00000000595. The maximum atomic E-state index is 8.36. The van der Waals surface area contributed by atoms with E-state index in [2.05, 4.69) is 0 Å². The summed E-state index contributed by atoms with van der Waals surface area (Å²) in [5, 5.41) is 46.8. The third kappa shape index (κ3) is 67600. The minimum atomic E-state index is -0.500. The van der Waals surface area contributed by atoms with Crippen LogP contribution in [0.2, 0.25) is 0 Å². The molecule has 19 heteroatoms.